The Morgan fingerprint density at radius 1 is 1.05 bits per heavy atom. The van der Waals surface area contributed by atoms with E-state index in [1.54, 1.807) is 11.8 Å². The SMILES string of the molecule is Cc1ccc(Sc2ccc(CCN)cc2Br)cc1C. The van der Waals surface area contributed by atoms with Gasteiger partial charge in [0.15, 0.2) is 0 Å². The molecule has 2 aromatic rings. The second-order valence-electron chi connectivity index (χ2n) is 4.65. The predicted octanol–water partition coefficient (Wildman–Crippen LogP) is 4.72. The van der Waals surface area contributed by atoms with Crippen LogP contribution in [0.15, 0.2) is 50.7 Å². The molecule has 0 radical (unpaired) electrons. The third-order valence-electron chi connectivity index (χ3n) is 3.14. The van der Waals surface area contributed by atoms with Crippen LogP contribution in [-0.2, 0) is 6.42 Å². The molecule has 0 aliphatic heterocycles. The lowest BCUT2D eigenvalue weighted by Crippen LogP contribution is -2.02. The first-order chi connectivity index (χ1) is 9.10. The van der Waals surface area contributed by atoms with Gasteiger partial charge in [-0.1, -0.05) is 23.9 Å². The van der Waals surface area contributed by atoms with Crippen LogP contribution in [0.2, 0.25) is 0 Å². The summed E-state index contributed by atoms with van der Waals surface area (Å²) in [4.78, 5) is 2.51. The van der Waals surface area contributed by atoms with Gasteiger partial charge in [-0.3, -0.25) is 0 Å². The molecule has 0 spiro atoms. The van der Waals surface area contributed by atoms with Crippen molar-refractivity contribution in [2.75, 3.05) is 6.54 Å². The van der Waals surface area contributed by atoms with Crippen molar-refractivity contribution >= 4 is 27.7 Å². The van der Waals surface area contributed by atoms with Gasteiger partial charge in [0.1, 0.15) is 0 Å². The number of hydrogen-bond acceptors (Lipinski definition) is 2. The Morgan fingerprint density at radius 2 is 1.84 bits per heavy atom. The zero-order valence-electron chi connectivity index (χ0n) is 11.2. The van der Waals surface area contributed by atoms with Gasteiger partial charge >= 0.3 is 0 Å². The number of rotatable bonds is 4. The molecule has 0 bridgehead atoms. The van der Waals surface area contributed by atoms with Gasteiger partial charge in [0, 0.05) is 14.3 Å². The average Bonchev–Trinajstić information content (AvgIpc) is 2.37. The van der Waals surface area contributed by atoms with Crippen LogP contribution >= 0.6 is 27.7 Å². The first-order valence-corrected chi connectivity index (χ1v) is 7.94. The van der Waals surface area contributed by atoms with Gasteiger partial charge in [0.25, 0.3) is 0 Å². The van der Waals surface area contributed by atoms with Crippen LogP contribution in [0.1, 0.15) is 16.7 Å². The van der Waals surface area contributed by atoms with E-state index < -0.39 is 0 Å². The standard InChI is InChI=1S/C16H18BrNS/c1-11-3-5-14(9-12(11)2)19-16-6-4-13(7-8-18)10-15(16)17/h3-6,9-10H,7-8,18H2,1-2H3. The van der Waals surface area contributed by atoms with Gasteiger partial charge in [-0.05, 0) is 83.7 Å². The molecule has 3 heteroatoms. The number of halogens is 1. The Morgan fingerprint density at radius 3 is 2.47 bits per heavy atom. The van der Waals surface area contributed by atoms with Gasteiger partial charge < -0.3 is 5.73 Å². The van der Waals surface area contributed by atoms with Crippen molar-refractivity contribution in [3.05, 3.63) is 57.6 Å². The molecule has 0 saturated carbocycles. The molecule has 2 rings (SSSR count). The smallest absolute Gasteiger partial charge is 0.0317 e. The predicted molar refractivity (Wildman–Crippen MR) is 86.9 cm³/mol. The fourth-order valence-electron chi connectivity index (χ4n) is 1.85. The summed E-state index contributed by atoms with van der Waals surface area (Å²) in [7, 11) is 0. The van der Waals surface area contributed by atoms with Crippen LogP contribution in [0.25, 0.3) is 0 Å². The molecule has 0 aliphatic carbocycles. The van der Waals surface area contributed by atoms with Crippen LogP contribution in [0.4, 0.5) is 0 Å². The minimum Gasteiger partial charge on any atom is -0.330 e. The van der Waals surface area contributed by atoms with Crippen molar-refractivity contribution in [3.63, 3.8) is 0 Å². The highest BCUT2D eigenvalue weighted by atomic mass is 79.9. The van der Waals surface area contributed by atoms with Gasteiger partial charge in [-0.15, -0.1) is 0 Å². The van der Waals surface area contributed by atoms with Gasteiger partial charge in [-0.2, -0.15) is 0 Å². The maximum Gasteiger partial charge on any atom is 0.0317 e. The summed E-state index contributed by atoms with van der Waals surface area (Å²) in [5.41, 5.74) is 9.53. The minimum atomic E-state index is 0.691. The van der Waals surface area contributed by atoms with E-state index in [0.717, 1.165) is 10.9 Å². The van der Waals surface area contributed by atoms with Crippen LogP contribution < -0.4 is 5.73 Å². The van der Waals surface area contributed by atoms with Crippen molar-refractivity contribution in [3.8, 4) is 0 Å². The molecule has 1 nitrogen and oxygen atoms in total. The van der Waals surface area contributed by atoms with E-state index in [0.29, 0.717) is 6.54 Å². The molecule has 0 amide bonds. The summed E-state index contributed by atoms with van der Waals surface area (Å²) in [6.07, 6.45) is 0.924. The molecule has 0 unspecified atom stereocenters. The van der Waals surface area contributed by atoms with Gasteiger partial charge in [-0.25, -0.2) is 0 Å². The molecule has 19 heavy (non-hydrogen) atoms. The first-order valence-electron chi connectivity index (χ1n) is 6.34. The molecule has 100 valence electrons. The Balaban J connectivity index is 2.20. The third kappa shape index (κ3) is 3.85. The Bertz CT molecular complexity index is 581. The van der Waals surface area contributed by atoms with Crippen molar-refractivity contribution in [1.82, 2.24) is 0 Å². The van der Waals surface area contributed by atoms with E-state index in [-0.39, 0.29) is 0 Å². The highest BCUT2D eigenvalue weighted by Gasteiger charge is 2.05. The number of nitrogens with two attached hydrogens (primary N) is 1. The second-order valence-corrected chi connectivity index (χ2v) is 6.62. The zero-order valence-corrected chi connectivity index (χ0v) is 13.6. The Labute approximate surface area is 127 Å². The van der Waals surface area contributed by atoms with E-state index in [4.69, 9.17) is 5.73 Å². The number of hydrogen-bond donors (Lipinski definition) is 1. The molecule has 0 aromatic heterocycles. The van der Waals surface area contributed by atoms with E-state index in [9.17, 15) is 0 Å². The van der Waals surface area contributed by atoms with Crippen LogP contribution in [0, 0.1) is 13.8 Å². The molecule has 0 saturated heterocycles. The third-order valence-corrected chi connectivity index (χ3v) is 5.12. The number of benzene rings is 2. The van der Waals surface area contributed by atoms with Gasteiger partial charge in [0.05, 0.1) is 0 Å². The topological polar surface area (TPSA) is 26.0 Å². The van der Waals surface area contributed by atoms with Crippen molar-refractivity contribution < 1.29 is 0 Å². The highest BCUT2D eigenvalue weighted by Crippen LogP contribution is 2.34. The highest BCUT2D eigenvalue weighted by molar-refractivity contribution is 9.10. The average molecular weight is 336 g/mol. The zero-order chi connectivity index (χ0) is 13.8. The molecule has 0 atom stereocenters. The molecule has 2 aromatic carbocycles. The molecule has 0 heterocycles. The minimum absolute atomic E-state index is 0.691. The maximum absolute atomic E-state index is 5.58. The molecule has 0 aliphatic rings. The summed E-state index contributed by atoms with van der Waals surface area (Å²) in [5, 5.41) is 0. The fraction of sp³-hybridized carbons (Fsp3) is 0.250. The molecule has 0 fully saturated rings. The van der Waals surface area contributed by atoms with Crippen LogP contribution in [0.3, 0.4) is 0 Å². The van der Waals surface area contributed by atoms with Crippen molar-refractivity contribution in [1.29, 1.82) is 0 Å². The maximum atomic E-state index is 5.58. The fourth-order valence-corrected chi connectivity index (χ4v) is 3.44. The summed E-state index contributed by atoms with van der Waals surface area (Å²) in [6.45, 7) is 4.98. The largest absolute Gasteiger partial charge is 0.330 e. The van der Waals surface area contributed by atoms with E-state index >= 15 is 0 Å². The second kappa shape index (κ2) is 6.60. The summed E-state index contributed by atoms with van der Waals surface area (Å²) >= 11 is 5.43. The lowest BCUT2D eigenvalue weighted by Gasteiger charge is -2.08. The summed E-state index contributed by atoms with van der Waals surface area (Å²) in [5.74, 6) is 0. The molecular weight excluding hydrogens is 318 g/mol. The Hall–Kier alpha value is -0.770. The van der Waals surface area contributed by atoms with Gasteiger partial charge in [0.2, 0.25) is 0 Å². The summed E-state index contributed by atoms with van der Waals surface area (Å²) in [6, 6.07) is 13.1. The van der Waals surface area contributed by atoms with E-state index in [1.807, 2.05) is 0 Å². The number of aryl methyl sites for hydroxylation is 2. The van der Waals surface area contributed by atoms with E-state index in [1.165, 1.54) is 26.5 Å². The monoisotopic (exact) mass is 335 g/mol. The Kier molecular flexibility index (Phi) is 5.08. The lowest BCUT2D eigenvalue weighted by molar-refractivity contribution is 0.965. The normalized spacial score (nSPS) is 10.7. The molecular formula is C16H18BrNS. The lowest BCUT2D eigenvalue weighted by atomic mass is 10.1. The summed E-state index contributed by atoms with van der Waals surface area (Å²) < 4.78 is 1.14. The van der Waals surface area contributed by atoms with Crippen molar-refractivity contribution in [2.24, 2.45) is 5.73 Å². The quantitative estimate of drug-likeness (QED) is 0.874. The van der Waals surface area contributed by atoms with Crippen LogP contribution in [-0.4, -0.2) is 6.54 Å². The first kappa shape index (κ1) is 14.6. The van der Waals surface area contributed by atoms with E-state index in [2.05, 4.69) is 66.2 Å². The molecule has 2 N–H and O–H groups in total. The van der Waals surface area contributed by atoms with Crippen LogP contribution in [0.5, 0.6) is 0 Å². The van der Waals surface area contributed by atoms with Crippen molar-refractivity contribution in [2.45, 2.75) is 30.1 Å².